The lowest BCUT2D eigenvalue weighted by molar-refractivity contribution is 0.0490. The summed E-state index contributed by atoms with van der Waals surface area (Å²) in [4.78, 5) is 17.1. The largest absolute Gasteiger partial charge is 0.444 e. The lowest BCUT2D eigenvalue weighted by Crippen LogP contribution is -2.41. The molecule has 8 nitrogen and oxygen atoms in total. The number of hydrogen-bond acceptors (Lipinski definition) is 5. The molecule has 0 unspecified atom stereocenters. The van der Waals surface area contributed by atoms with Crippen molar-refractivity contribution in [2.24, 2.45) is 0 Å². The van der Waals surface area contributed by atoms with E-state index in [-0.39, 0.29) is 18.1 Å². The molecule has 1 fully saturated rings. The fourth-order valence-electron chi connectivity index (χ4n) is 5.14. The quantitative estimate of drug-likeness (QED) is 0.658. The third-order valence-corrected chi connectivity index (χ3v) is 6.52. The summed E-state index contributed by atoms with van der Waals surface area (Å²) in [6.45, 7) is 8.77. The number of alkyl carbamates (subject to hydrolysis) is 1. The zero-order chi connectivity index (χ0) is 22.5. The second-order valence-electron chi connectivity index (χ2n) is 10.1. The molecule has 0 radical (unpaired) electrons. The van der Waals surface area contributed by atoms with Crippen LogP contribution in [0.1, 0.15) is 76.0 Å². The van der Waals surface area contributed by atoms with Gasteiger partial charge in [0.2, 0.25) is 0 Å². The molecule has 3 aromatic rings. The topological polar surface area (TPSA) is 86.3 Å². The fourth-order valence-corrected chi connectivity index (χ4v) is 5.14. The van der Waals surface area contributed by atoms with Crippen LogP contribution in [0.15, 0.2) is 18.3 Å². The molecular formula is C24H32N6O2. The number of carbonyl (C=O) groups is 1. The minimum Gasteiger partial charge on any atom is -0.444 e. The molecule has 8 heteroatoms. The van der Waals surface area contributed by atoms with E-state index in [2.05, 4.69) is 43.7 Å². The summed E-state index contributed by atoms with van der Waals surface area (Å²) in [5, 5.41) is 12.0. The highest BCUT2D eigenvalue weighted by molar-refractivity contribution is 5.68. The molecule has 2 atom stereocenters. The van der Waals surface area contributed by atoms with E-state index in [1.165, 1.54) is 12.1 Å². The monoisotopic (exact) mass is 436 g/mol. The minimum atomic E-state index is -0.497. The number of pyridine rings is 1. The lowest BCUT2D eigenvalue weighted by atomic mass is 9.85. The Morgan fingerprint density at radius 3 is 2.84 bits per heavy atom. The smallest absolute Gasteiger partial charge is 0.407 e. The molecule has 1 N–H and O–H groups in total. The Bertz CT molecular complexity index is 1160. The number of nitrogens with one attached hydrogen (secondary N) is 1. The van der Waals surface area contributed by atoms with Crippen molar-refractivity contribution in [2.75, 3.05) is 0 Å². The van der Waals surface area contributed by atoms with Crippen LogP contribution in [0.25, 0.3) is 17.0 Å². The van der Waals surface area contributed by atoms with Crippen molar-refractivity contribution in [1.82, 2.24) is 29.5 Å². The summed E-state index contributed by atoms with van der Waals surface area (Å²) >= 11 is 0. The van der Waals surface area contributed by atoms with Gasteiger partial charge in [-0.15, -0.1) is 10.2 Å². The van der Waals surface area contributed by atoms with Crippen molar-refractivity contribution in [2.45, 2.75) is 90.3 Å². The van der Waals surface area contributed by atoms with Crippen LogP contribution in [0.3, 0.4) is 0 Å². The molecule has 1 saturated carbocycles. The molecular weight excluding hydrogens is 404 g/mol. The first kappa shape index (κ1) is 21.0. The number of hydrogen-bond donors (Lipinski definition) is 1. The number of amides is 1. The third kappa shape index (κ3) is 3.98. The molecule has 1 aliphatic heterocycles. The molecule has 170 valence electrons. The van der Waals surface area contributed by atoms with E-state index in [9.17, 15) is 4.79 Å². The summed E-state index contributed by atoms with van der Waals surface area (Å²) < 4.78 is 9.91. The van der Waals surface area contributed by atoms with Gasteiger partial charge < -0.3 is 14.6 Å². The Hall–Kier alpha value is -2.90. The second-order valence-corrected chi connectivity index (χ2v) is 10.1. The van der Waals surface area contributed by atoms with Crippen LogP contribution in [-0.4, -0.2) is 41.9 Å². The maximum atomic E-state index is 12.3. The van der Waals surface area contributed by atoms with Gasteiger partial charge in [0, 0.05) is 36.0 Å². The SMILES string of the molecule is Cc1nc(-c2ccc3nnc([C@H]4CCC[C@@H](NC(=O)OC(C)(C)C)C4)n3c2)n2c1CCC2. The van der Waals surface area contributed by atoms with Gasteiger partial charge in [0.25, 0.3) is 0 Å². The summed E-state index contributed by atoms with van der Waals surface area (Å²) in [5.74, 6) is 2.23. The predicted molar refractivity (Wildman–Crippen MR) is 122 cm³/mol. The average molecular weight is 437 g/mol. The van der Waals surface area contributed by atoms with E-state index >= 15 is 0 Å². The molecule has 2 aliphatic rings. The number of nitrogens with zero attached hydrogens (tertiary/aromatic N) is 5. The van der Waals surface area contributed by atoms with E-state index in [1.807, 2.05) is 26.8 Å². The summed E-state index contributed by atoms with van der Waals surface area (Å²) in [5.41, 5.74) is 3.92. The van der Waals surface area contributed by atoms with Crippen LogP contribution in [0.4, 0.5) is 4.79 Å². The van der Waals surface area contributed by atoms with Crippen molar-refractivity contribution in [3.8, 4) is 11.4 Å². The lowest BCUT2D eigenvalue weighted by Gasteiger charge is -2.30. The van der Waals surface area contributed by atoms with Crippen LogP contribution in [0, 0.1) is 6.92 Å². The summed E-state index contributed by atoms with van der Waals surface area (Å²) in [7, 11) is 0. The number of rotatable bonds is 3. The molecule has 1 aliphatic carbocycles. The zero-order valence-corrected chi connectivity index (χ0v) is 19.4. The van der Waals surface area contributed by atoms with Crippen molar-refractivity contribution < 1.29 is 9.53 Å². The summed E-state index contributed by atoms with van der Waals surface area (Å²) in [6.07, 6.45) is 7.93. The van der Waals surface area contributed by atoms with Gasteiger partial charge in [-0.3, -0.25) is 4.40 Å². The van der Waals surface area contributed by atoms with Gasteiger partial charge in [-0.1, -0.05) is 6.42 Å². The van der Waals surface area contributed by atoms with Gasteiger partial charge >= 0.3 is 6.09 Å². The molecule has 0 aromatic carbocycles. The fraction of sp³-hybridized carbons (Fsp3) is 0.583. The molecule has 1 amide bonds. The number of aromatic nitrogens is 5. The number of fused-ring (bicyclic) bond motifs is 2. The van der Waals surface area contributed by atoms with E-state index in [1.54, 1.807) is 0 Å². The minimum absolute atomic E-state index is 0.0809. The Morgan fingerprint density at radius 1 is 1.19 bits per heavy atom. The highest BCUT2D eigenvalue weighted by atomic mass is 16.6. The van der Waals surface area contributed by atoms with Gasteiger partial charge in [-0.25, -0.2) is 9.78 Å². The third-order valence-electron chi connectivity index (χ3n) is 6.52. The number of carbonyl (C=O) groups excluding carboxylic acids is 1. The van der Waals surface area contributed by atoms with Gasteiger partial charge in [-0.2, -0.15) is 0 Å². The van der Waals surface area contributed by atoms with Crippen LogP contribution in [0.2, 0.25) is 0 Å². The Kier molecular flexibility index (Phi) is 5.18. The molecule has 5 rings (SSSR count). The zero-order valence-electron chi connectivity index (χ0n) is 19.4. The first-order valence-corrected chi connectivity index (χ1v) is 11.7. The molecule has 0 saturated heterocycles. The van der Waals surface area contributed by atoms with Crippen molar-refractivity contribution in [1.29, 1.82) is 0 Å². The van der Waals surface area contributed by atoms with Crippen LogP contribution < -0.4 is 5.32 Å². The maximum Gasteiger partial charge on any atom is 0.407 e. The first-order valence-electron chi connectivity index (χ1n) is 11.7. The highest BCUT2D eigenvalue weighted by Gasteiger charge is 2.29. The Morgan fingerprint density at radius 2 is 2.03 bits per heavy atom. The van der Waals surface area contributed by atoms with E-state index in [0.29, 0.717) is 0 Å². The van der Waals surface area contributed by atoms with E-state index in [0.717, 1.165) is 67.2 Å². The van der Waals surface area contributed by atoms with Crippen LogP contribution in [-0.2, 0) is 17.7 Å². The average Bonchev–Trinajstić information content (AvgIpc) is 3.43. The number of ether oxygens (including phenoxy) is 1. The second kappa shape index (κ2) is 7.90. The molecule has 0 bridgehead atoms. The normalized spacial score (nSPS) is 21.0. The summed E-state index contributed by atoms with van der Waals surface area (Å²) in [6, 6.07) is 4.20. The van der Waals surface area contributed by atoms with Crippen molar-refractivity contribution in [3.05, 3.63) is 35.5 Å². The Labute approximate surface area is 188 Å². The van der Waals surface area contributed by atoms with Crippen LogP contribution in [0.5, 0.6) is 0 Å². The Balaban J connectivity index is 1.39. The molecule has 4 heterocycles. The van der Waals surface area contributed by atoms with Gasteiger partial charge in [-0.05, 0) is 71.9 Å². The van der Waals surface area contributed by atoms with Gasteiger partial charge in [0.05, 0.1) is 5.69 Å². The van der Waals surface area contributed by atoms with Crippen LogP contribution >= 0.6 is 0 Å². The van der Waals surface area contributed by atoms with Gasteiger partial charge in [0.15, 0.2) is 5.65 Å². The predicted octanol–water partition coefficient (Wildman–Crippen LogP) is 4.40. The van der Waals surface area contributed by atoms with E-state index in [4.69, 9.17) is 9.72 Å². The molecule has 3 aromatic heterocycles. The van der Waals surface area contributed by atoms with E-state index < -0.39 is 5.60 Å². The first-order chi connectivity index (χ1) is 15.3. The van der Waals surface area contributed by atoms with Crippen molar-refractivity contribution in [3.63, 3.8) is 0 Å². The molecule has 32 heavy (non-hydrogen) atoms. The highest BCUT2D eigenvalue weighted by Crippen LogP contribution is 2.34. The van der Waals surface area contributed by atoms with Crippen molar-refractivity contribution >= 4 is 11.7 Å². The molecule has 0 spiro atoms. The number of imidazole rings is 1. The standard InChI is InChI=1S/C24H32N6O2/c1-15-19-9-6-12-29(19)21(25-15)17-10-11-20-27-28-22(30(20)14-17)16-7-5-8-18(13-16)26-23(31)32-24(2,3)4/h10-11,14,16,18H,5-9,12-13H2,1-4H3,(H,26,31)/t16-,18+/m0/s1. The maximum absolute atomic E-state index is 12.3. The van der Waals surface area contributed by atoms with Gasteiger partial charge in [0.1, 0.15) is 17.2 Å². The number of aryl methyl sites for hydroxylation is 1.